The van der Waals surface area contributed by atoms with E-state index >= 15 is 0 Å². The summed E-state index contributed by atoms with van der Waals surface area (Å²) in [5, 5.41) is 3.76. The third kappa shape index (κ3) is 4.34. The highest BCUT2D eigenvalue weighted by molar-refractivity contribution is 5.86. The van der Waals surface area contributed by atoms with Gasteiger partial charge in [0.2, 0.25) is 0 Å². The second-order valence-corrected chi connectivity index (χ2v) is 7.55. The minimum atomic E-state index is -3.03. The molecule has 0 saturated carbocycles. The molecule has 1 fully saturated rings. The molecule has 1 amide bonds. The number of aromatic amines is 1. The van der Waals surface area contributed by atoms with Crippen LogP contribution < -0.4 is 5.32 Å². The summed E-state index contributed by atoms with van der Waals surface area (Å²) in [5.41, 5.74) is 2.56. The minimum Gasteiger partial charge on any atom is -0.445 e. The van der Waals surface area contributed by atoms with Crippen molar-refractivity contribution in [1.82, 2.24) is 19.9 Å². The SMILES string of the molecule is Cc1ccc(COC(=O)N2CCC(CNc3ncnc4[nH]ccc34)C(F)(F)C2)cc1. The van der Waals surface area contributed by atoms with Crippen LogP contribution in [0.3, 0.4) is 0 Å². The van der Waals surface area contributed by atoms with Gasteiger partial charge in [-0.25, -0.2) is 23.5 Å². The molecular weight excluding hydrogens is 392 g/mol. The van der Waals surface area contributed by atoms with Gasteiger partial charge in [0.1, 0.15) is 24.4 Å². The first-order chi connectivity index (χ1) is 14.4. The lowest BCUT2D eigenvalue weighted by Gasteiger charge is -2.37. The van der Waals surface area contributed by atoms with Crippen molar-refractivity contribution in [2.24, 2.45) is 5.92 Å². The van der Waals surface area contributed by atoms with Crippen LogP contribution in [0.25, 0.3) is 11.0 Å². The molecule has 0 bridgehead atoms. The smallest absolute Gasteiger partial charge is 0.410 e. The van der Waals surface area contributed by atoms with Gasteiger partial charge in [0.25, 0.3) is 5.92 Å². The summed E-state index contributed by atoms with van der Waals surface area (Å²) in [6.07, 6.45) is 2.55. The Morgan fingerprint density at radius 1 is 1.30 bits per heavy atom. The van der Waals surface area contributed by atoms with Gasteiger partial charge in [0.15, 0.2) is 0 Å². The number of hydrogen-bond donors (Lipinski definition) is 2. The topological polar surface area (TPSA) is 83.1 Å². The van der Waals surface area contributed by atoms with Gasteiger partial charge in [-0.2, -0.15) is 0 Å². The van der Waals surface area contributed by atoms with Crippen molar-refractivity contribution in [3.8, 4) is 0 Å². The fourth-order valence-electron chi connectivity index (χ4n) is 3.55. The van der Waals surface area contributed by atoms with Gasteiger partial charge in [-0.15, -0.1) is 0 Å². The van der Waals surface area contributed by atoms with E-state index in [1.807, 2.05) is 31.2 Å². The number of amides is 1. The third-order valence-corrected chi connectivity index (χ3v) is 5.36. The number of likely N-dealkylation sites (tertiary alicyclic amines) is 1. The van der Waals surface area contributed by atoms with Crippen LogP contribution in [-0.2, 0) is 11.3 Å². The average Bonchev–Trinajstić information content (AvgIpc) is 3.21. The van der Waals surface area contributed by atoms with E-state index in [0.29, 0.717) is 11.5 Å². The number of H-pyrrole nitrogens is 1. The van der Waals surface area contributed by atoms with Crippen LogP contribution in [0.1, 0.15) is 17.5 Å². The number of hydrogen-bond acceptors (Lipinski definition) is 5. The Bertz CT molecular complexity index is 1020. The molecule has 4 rings (SSSR count). The summed E-state index contributed by atoms with van der Waals surface area (Å²) in [5.74, 6) is -3.43. The number of benzene rings is 1. The highest BCUT2D eigenvalue weighted by Crippen LogP contribution is 2.33. The summed E-state index contributed by atoms with van der Waals surface area (Å²) in [7, 11) is 0. The van der Waals surface area contributed by atoms with Crippen LogP contribution in [0, 0.1) is 12.8 Å². The monoisotopic (exact) mass is 415 g/mol. The molecule has 9 heteroatoms. The fourth-order valence-corrected chi connectivity index (χ4v) is 3.55. The van der Waals surface area contributed by atoms with Crippen LogP contribution in [0.15, 0.2) is 42.9 Å². The molecule has 1 saturated heterocycles. The zero-order chi connectivity index (χ0) is 21.1. The van der Waals surface area contributed by atoms with Gasteiger partial charge in [0.05, 0.1) is 11.9 Å². The maximum Gasteiger partial charge on any atom is 0.410 e. The summed E-state index contributed by atoms with van der Waals surface area (Å²) >= 11 is 0. The van der Waals surface area contributed by atoms with Gasteiger partial charge < -0.3 is 19.9 Å². The number of nitrogens with zero attached hydrogens (tertiary/aromatic N) is 3. The minimum absolute atomic E-state index is 0.0521. The number of piperidine rings is 1. The number of fused-ring (bicyclic) bond motifs is 1. The number of aromatic nitrogens is 3. The standard InChI is InChI=1S/C21H23F2N5O2/c1-14-2-4-15(5-3-14)11-30-20(29)28-9-7-16(21(22,23)12-28)10-25-19-17-6-8-24-18(17)26-13-27-19/h2-6,8,13,16H,7,9-12H2,1H3,(H2,24,25,26,27). The van der Waals surface area contributed by atoms with Crippen molar-refractivity contribution in [1.29, 1.82) is 0 Å². The average molecular weight is 415 g/mol. The molecule has 2 N–H and O–H groups in total. The first-order valence-electron chi connectivity index (χ1n) is 9.79. The number of alkyl halides is 2. The molecule has 2 aromatic heterocycles. The zero-order valence-corrected chi connectivity index (χ0v) is 16.6. The molecule has 7 nitrogen and oxygen atoms in total. The Hall–Kier alpha value is -3.23. The van der Waals surface area contributed by atoms with Crippen molar-refractivity contribution in [3.63, 3.8) is 0 Å². The maximum absolute atomic E-state index is 14.7. The van der Waals surface area contributed by atoms with Crippen LogP contribution in [0.4, 0.5) is 19.4 Å². The van der Waals surface area contributed by atoms with E-state index in [1.165, 1.54) is 6.33 Å². The van der Waals surface area contributed by atoms with Crippen molar-refractivity contribution in [2.45, 2.75) is 25.9 Å². The van der Waals surface area contributed by atoms with E-state index in [-0.39, 0.29) is 26.1 Å². The summed E-state index contributed by atoms with van der Waals surface area (Å²) in [4.78, 5) is 24.5. The number of carbonyl (C=O) groups is 1. The Kier molecular flexibility index (Phi) is 5.52. The lowest BCUT2D eigenvalue weighted by atomic mass is 9.93. The van der Waals surface area contributed by atoms with Gasteiger partial charge in [0, 0.05) is 25.2 Å². The predicted octanol–water partition coefficient (Wildman–Crippen LogP) is 3.97. The number of nitrogens with one attached hydrogen (secondary N) is 2. The summed E-state index contributed by atoms with van der Waals surface area (Å²) < 4.78 is 34.7. The van der Waals surface area contributed by atoms with E-state index in [0.717, 1.165) is 21.4 Å². The molecule has 1 atom stereocenters. The molecule has 1 aliphatic heterocycles. The molecule has 3 heterocycles. The van der Waals surface area contributed by atoms with Crippen molar-refractivity contribution in [3.05, 3.63) is 54.0 Å². The first kappa shape index (κ1) is 20.1. The van der Waals surface area contributed by atoms with Crippen LogP contribution >= 0.6 is 0 Å². The van der Waals surface area contributed by atoms with Crippen LogP contribution in [-0.4, -0.2) is 51.5 Å². The highest BCUT2D eigenvalue weighted by Gasteiger charge is 2.46. The second-order valence-electron chi connectivity index (χ2n) is 7.55. The molecule has 0 radical (unpaired) electrons. The molecule has 3 aromatic rings. The largest absolute Gasteiger partial charge is 0.445 e. The Morgan fingerprint density at radius 3 is 2.87 bits per heavy atom. The molecule has 1 aliphatic rings. The van der Waals surface area contributed by atoms with Crippen LogP contribution in [0.2, 0.25) is 0 Å². The van der Waals surface area contributed by atoms with E-state index in [9.17, 15) is 13.6 Å². The molecule has 30 heavy (non-hydrogen) atoms. The van der Waals surface area contributed by atoms with Crippen molar-refractivity contribution >= 4 is 22.9 Å². The van der Waals surface area contributed by atoms with E-state index in [2.05, 4.69) is 20.3 Å². The van der Waals surface area contributed by atoms with Gasteiger partial charge in [-0.3, -0.25) is 0 Å². The zero-order valence-electron chi connectivity index (χ0n) is 16.6. The Morgan fingerprint density at radius 2 is 2.10 bits per heavy atom. The molecule has 0 spiro atoms. The maximum atomic E-state index is 14.7. The number of ether oxygens (including phenoxy) is 1. The highest BCUT2D eigenvalue weighted by atomic mass is 19.3. The molecular formula is C21H23F2N5O2. The number of halogens is 2. The molecule has 1 unspecified atom stereocenters. The number of anilines is 1. The quantitative estimate of drug-likeness (QED) is 0.659. The van der Waals surface area contributed by atoms with E-state index in [1.54, 1.807) is 12.3 Å². The first-order valence-corrected chi connectivity index (χ1v) is 9.79. The van der Waals surface area contributed by atoms with Gasteiger partial charge in [-0.1, -0.05) is 29.8 Å². The Balaban J connectivity index is 1.32. The number of aryl methyl sites for hydroxylation is 1. The van der Waals surface area contributed by atoms with Crippen molar-refractivity contribution < 1.29 is 18.3 Å². The van der Waals surface area contributed by atoms with Gasteiger partial charge in [-0.05, 0) is 25.0 Å². The van der Waals surface area contributed by atoms with Crippen LogP contribution in [0.5, 0.6) is 0 Å². The van der Waals surface area contributed by atoms with E-state index < -0.39 is 24.5 Å². The second kappa shape index (κ2) is 8.25. The summed E-state index contributed by atoms with van der Waals surface area (Å²) in [6, 6.07) is 9.32. The number of carbonyl (C=O) groups excluding carboxylic acids is 1. The fraction of sp³-hybridized carbons (Fsp3) is 0.381. The Labute approximate surface area is 172 Å². The number of rotatable bonds is 5. The summed E-state index contributed by atoms with van der Waals surface area (Å²) in [6.45, 7) is 1.64. The molecule has 1 aromatic carbocycles. The third-order valence-electron chi connectivity index (χ3n) is 5.36. The van der Waals surface area contributed by atoms with E-state index in [4.69, 9.17) is 4.74 Å². The normalized spacial score (nSPS) is 18.4. The molecule has 0 aliphatic carbocycles. The van der Waals surface area contributed by atoms with Crippen molar-refractivity contribution in [2.75, 3.05) is 25.0 Å². The lowest BCUT2D eigenvalue weighted by Crippen LogP contribution is -2.52. The molecule has 158 valence electrons. The predicted molar refractivity (Wildman–Crippen MR) is 108 cm³/mol. The lowest BCUT2D eigenvalue weighted by molar-refractivity contribution is -0.101. The van der Waals surface area contributed by atoms with Gasteiger partial charge >= 0.3 is 6.09 Å².